The quantitative estimate of drug-likeness (QED) is 0.498. The zero-order chi connectivity index (χ0) is 14.2. The Morgan fingerprint density at radius 3 is 2.55 bits per heavy atom. The van der Waals surface area contributed by atoms with Crippen molar-refractivity contribution in [2.24, 2.45) is 5.10 Å². The number of anilines is 1. The van der Waals surface area contributed by atoms with Crippen molar-refractivity contribution >= 4 is 23.7 Å². The molecule has 1 heterocycles. The molecule has 0 atom stereocenters. The van der Waals surface area contributed by atoms with Crippen LogP contribution in [0.15, 0.2) is 60.0 Å². The molecule has 0 aliphatic carbocycles. The molecule has 20 heavy (non-hydrogen) atoms. The maximum absolute atomic E-state index is 11.5. The lowest BCUT2D eigenvalue weighted by Crippen LogP contribution is -2.32. The van der Waals surface area contributed by atoms with Crippen molar-refractivity contribution in [3.8, 4) is 0 Å². The van der Waals surface area contributed by atoms with E-state index >= 15 is 0 Å². The maximum atomic E-state index is 11.5. The summed E-state index contributed by atoms with van der Waals surface area (Å²) in [5.74, 6) is -1.62. The lowest BCUT2D eigenvalue weighted by atomic mass is 10.3. The Bertz CT molecular complexity index is 612. The molecule has 2 aromatic rings. The number of nitrogens with zero attached hydrogens (tertiary/aromatic N) is 2. The summed E-state index contributed by atoms with van der Waals surface area (Å²) >= 11 is 0. The van der Waals surface area contributed by atoms with Crippen LogP contribution in [0.2, 0.25) is 0 Å². The van der Waals surface area contributed by atoms with Crippen LogP contribution >= 0.6 is 0 Å². The van der Waals surface area contributed by atoms with Crippen molar-refractivity contribution in [3.63, 3.8) is 0 Å². The highest BCUT2D eigenvalue weighted by Crippen LogP contribution is 2.04. The highest BCUT2D eigenvalue weighted by molar-refractivity contribution is 6.39. The zero-order valence-electron chi connectivity index (χ0n) is 10.5. The van der Waals surface area contributed by atoms with Gasteiger partial charge in [0.2, 0.25) is 0 Å². The highest BCUT2D eigenvalue weighted by atomic mass is 16.2. The van der Waals surface area contributed by atoms with Gasteiger partial charge in [-0.2, -0.15) is 5.10 Å². The van der Waals surface area contributed by atoms with Gasteiger partial charge in [-0.05, 0) is 18.2 Å². The first-order chi connectivity index (χ1) is 9.75. The van der Waals surface area contributed by atoms with Gasteiger partial charge >= 0.3 is 11.8 Å². The van der Waals surface area contributed by atoms with Gasteiger partial charge in [0.05, 0.1) is 6.21 Å². The number of hydrazone groups is 1. The van der Waals surface area contributed by atoms with E-state index in [2.05, 4.69) is 20.8 Å². The van der Waals surface area contributed by atoms with Crippen molar-refractivity contribution in [3.05, 3.63) is 60.4 Å². The molecule has 6 heteroatoms. The summed E-state index contributed by atoms with van der Waals surface area (Å²) in [4.78, 5) is 26.9. The minimum atomic E-state index is -0.839. The van der Waals surface area contributed by atoms with E-state index in [0.29, 0.717) is 5.69 Å². The molecule has 2 rings (SSSR count). The number of aromatic nitrogens is 1. The van der Waals surface area contributed by atoms with Gasteiger partial charge in [0.15, 0.2) is 0 Å². The van der Waals surface area contributed by atoms with Gasteiger partial charge in [0.1, 0.15) is 0 Å². The van der Waals surface area contributed by atoms with Crippen LogP contribution in [0, 0.1) is 0 Å². The van der Waals surface area contributed by atoms with Crippen molar-refractivity contribution in [1.29, 1.82) is 0 Å². The Kier molecular flexibility index (Phi) is 4.55. The molecule has 0 unspecified atom stereocenters. The van der Waals surface area contributed by atoms with Gasteiger partial charge in [-0.15, -0.1) is 0 Å². The first-order valence-electron chi connectivity index (χ1n) is 5.85. The number of hydrogen-bond donors (Lipinski definition) is 2. The number of hydrogen-bond acceptors (Lipinski definition) is 4. The lowest BCUT2D eigenvalue weighted by Gasteiger charge is -2.02. The summed E-state index contributed by atoms with van der Waals surface area (Å²) in [6.07, 6.45) is 4.61. The molecule has 0 saturated heterocycles. The molecule has 0 bridgehead atoms. The van der Waals surface area contributed by atoms with Crippen LogP contribution in [0.25, 0.3) is 0 Å². The minimum Gasteiger partial charge on any atom is -0.318 e. The smallest absolute Gasteiger partial charge is 0.318 e. The average molecular weight is 268 g/mol. The van der Waals surface area contributed by atoms with Gasteiger partial charge in [-0.3, -0.25) is 14.6 Å². The van der Waals surface area contributed by atoms with E-state index < -0.39 is 11.8 Å². The number of carbonyl (C=O) groups is 2. The largest absolute Gasteiger partial charge is 0.329 e. The Morgan fingerprint density at radius 2 is 1.85 bits per heavy atom. The van der Waals surface area contributed by atoms with Crippen molar-refractivity contribution in [2.45, 2.75) is 0 Å². The van der Waals surface area contributed by atoms with Crippen LogP contribution in [0.5, 0.6) is 0 Å². The molecule has 6 nitrogen and oxygen atoms in total. The number of nitrogens with one attached hydrogen (secondary N) is 2. The second kappa shape index (κ2) is 6.79. The van der Waals surface area contributed by atoms with Crippen LogP contribution in [-0.4, -0.2) is 23.0 Å². The van der Waals surface area contributed by atoms with E-state index in [9.17, 15) is 9.59 Å². The molecule has 0 aliphatic heterocycles. The fourth-order valence-electron chi connectivity index (χ4n) is 1.38. The second-order valence-electron chi connectivity index (χ2n) is 3.81. The topological polar surface area (TPSA) is 83.5 Å². The third-order valence-electron chi connectivity index (χ3n) is 2.30. The molecular weight excluding hydrogens is 256 g/mol. The van der Waals surface area contributed by atoms with E-state index in [-0.39, 0.29) is 0 Å². The number of benzene rings is 1. The summed E-state index contributed by atoms with van der Waals surface area (Å²) in [7, 11) is 0. The van der Waals surface area contributed by atoms with Gasteiger partial charge in [-0.25, -0.2) is 5.43 Å². The van der Waals surface area contributed by atoms with E-state index in [1.165, 1.54) is 6.21 Å². The van der Waals surface area contributed by atoms with Crippen LogP contribution in [0.1, 0.15) is 5.56 Å². The van der Waals surface area contributed by atoms with Gasteiger partial charge < -0.3 is 5.32 Å². The van der Waals surface area contributed by atoms with E-state index in [4.69, 9.17) is 0 Å². The molecule has 0 aliphatic rings. The standard InChI is InChI=1S/C14H12N4O2/c19-13(17-12-6-2-1-3-7-12)14(20)18-16-10-11-5-4-8-15-9-11/h1-10H,(H,17,19)(H,18,20)/b16-10+. The number of pyridine rings is 1. The van der Waals surface area contributed by atoms with Gasteiger partial charge in [0, 0.05) is 23.6 Å². The second-order valence-corrected chi connectivity index (χ2v) is 3.81. The molecule has 0 spiro atoms. The lowest BCUT2D eigenvalue weighted by molar-refractivity contribution is -0.136. The van der Waals surface area contributed by atoms with Crippen LogP contribution < -0.4 is 10.7 Å². The van der Waals surface area contributed by atoms with Crippen molar-refractivity contribution in [1.82, 2.24) is 10.4 Å². The molecule has 100 valence electrons. The molecule has 2 N–H and O–H groups in total. The van der Waals surface area contributed by atoms with E-state index in [1.54, 1.807) is 48.8 Å². The predicted molar refractivity (Wildman–Crippen MR) is 75.0 cm³/mol. The van der Waals surface area contributed by atoms with Crippen molar-refractivity contribution in [2.75, 3.05) is 5.32 Å². The first kappa shape index (κ1) is 13.4. The SMILES string of the molecule is O=C(N/N=C/c1cccnc1)C(=O)Nc1ccccc1. The zero-order valence-corrected chi connectivity index (χ0v) is 10.5. The van der Waals surface area contributed by atoms with Gasteiger partial charge in [0.25, 0.3) is 0 Å². The average Bonchev–Trinajstić information content (AvgIpc) is 2.49. The van der Waals surface area contributed by atoms with Crippen LogP contribution in [0.3, 0.4) is 0 Å². The number of para-hydroxylation sites is 1. The normalized spacial score (nSPS) is 10.2. The molecule has 1 aromatic heterocycles. The highest BCUT2D eigenvalue weighted by Gasteiger charge is 2.12. The van der Waals surface area contributed by atoms with E-state index in [0.717, 1.165) is 5.56 Å². The monoisotopic (exact) mass is 268 g/mol. The first-order valence-corrected chi connectivity index (χ1v) is 5.85. The van der Waals surface area contributed by atoms with Gasteiger partial charge in [-0.1, -0.05) is 24.3 Å². The molecule has 0 saturated carbocycles. The maximum Gasteiger partial charge on any atom is 0.329 e. The predicted octanol–water partition coefficient (Wildman–Crippen LogP) is 1.17. The Balaban J connectivity index is 1.86. The number of carbonyl (C=O) groups excluding carboxylic acids is 2. The summed E-state index contributed by atoms with van der Waals surface area (Å²) in [5, 5.41) is 6.13. The Labute approximate surface area is 115 Å². The Hall–Kier alpha value is -3.02. The third kappa shape index (κ3) is 4.02. The van der Waals surface area contributed by atoms with E-state index in [1.807, 2.05) is 6.07 Å². The van der Waals surface area contributed by atoms with Crippen LogP contribution in [-0.2, 0) is 9.59 Å². The van der Waals surface area contributed by atoms with Crippen LogP contribution in [0.4, 0.5) is 5.69 Å². The summed E-state index contributed by atoms with van der Waals surface area (Å²) in [6, 6.07) is 12.2. The van der Waals surface area contributed by atoms with Crippen molar-refractivity contribution < 1.29 is 9.59 Å². The number of amides is 2. The summed E-state index contributed by atoms with van der Waals surface area (Å²) in [5.41, 5.74) is 3.41. The third-order valence-corrected chi connectivity index (χ3v) is 2.30. The molecule has 0 fully saturated rings. The number of rotatable bonds is 3. The molecular formula is C14H12N4O2. The molecule has 0 radical (unpaired) electrons. The summed E-state index contributed by atoms with van der Waals surface area (Å²) in [6.45, 7) is 0. The molecule has 2 amide bonds. The fourth-order valence-corrected chi connectivity index (χ4v) is 1.38. The summed E-state index contributed by atoms with van der Waals surface area (Å²) < 4.78 is 0. The molecule has 1 aromatic carbocycles. The Morgan fingerprint density at radius 1 is 1.05 bits per heavy atom. The minimum absolute atomic E-state index is 0.545. The fraction of sp³-hybridized carbons (Fsp3) is 0.